The van der Waals surface area contributed by atoms with Gasteiger partial charge in [-0.05, 0) is 0 Å². The Bertz CT molecular complexity index is 268. The molecule has 0 saturated carbocycles. The summed E-state index contributed by atoms with van der Waals surface area (Å²) >= 11 is 2.86. The van der Waals surface area contributed by atoms with Crippen molar-refractivity contribution in [2.24, 2.45) is 0 Å². The molecule has 0 fully saturated rings. The molecule has 0 bridgehead atoms. The van der Waals surface area contributed by atoms with E-state index in [9.17, 15) is 0 Å². The van der Waals surface area contributed by atoms with Gasteiger partial charge in [-0.2, -0.15) is 0 Å². The SMILES string of the molecule is COc1ccc(C)cc1C=[Se]. The molecule has 0 aliphatic carbocycles. The third kappa shape index (κ3) is 1.92. The molecule has 0 heterocycles. The maximum absolute atomic E-state index is 5.14. The molecule has 1 rings (SSSR count). The molecule has 11 heavy (non-hydrogen) atoms. The van der Waals surface area contributed by atoms with Crippen LogP contribution in [0, 0.1) is 6.92 Å². The fourth-order valence-electron chi connectivity index (χ4n) is 0.946. The van der Waals surface area contributed by atoms with Gasteiger partial charge in [-0.1, -0.05) is 0 Å². The van der Waals surface area contributed by atoms with Crippen LogP contribution in [0.15, 0.2) is 18.2 Å². The Hall–Kier alpha value is -0.591. The van der Waals surface area contributed by atoms with Crippen LogP contribution in [0.1, 0.15) is 11.1 Å². The minimum absolute atomic E-state index is 0.911. The first-order chi connectivity index (χ1) is 5.27. The molecule has 58 valence electrons. The van der Waals surface area contributed by atoms with Crippen LogP contribution in [0.2, 0.25) is 0 Å². The van der Waals surface area contributed by atoms with E-state index in [-0.39, 0.29) is 0 Å². The second kappa shape index (κ2) is 3.70. The molecule has 0 spiro atoms. The molecule has 1 nitrogen and oxygen atoms in total. The van der Waals surface area contributed by atoms with E-state index in [0.717, 1.165) is 11.3 Å². The Kier molecular flexibility index (Phi) is 2.86. The predicted octanol–water partition coefficient (Wildman–Crippen LogP) is 1.32. The van der Waals surface area contributed by atoms with Crippen molar-refractivity contribution < 1.29 is 4.74 Å². The topological polar surface area (TPSA) is 9.23 Å². The van der Waals surface area contributed by atoms with Crippen LogP contribution in [0.25, 0.3) is 0 Å². The monoisotopic (exact) mass is 214 g/mol. The van der Waals surface area contributed by atoms with Crippen molar-refractivity contribution in [2.75, 3.05) is 7.11 Å². The normalized spacial score (nSPS) is 9.27. The summed E-state index contributed by atoms with van der Waals surface area (Å²) in [7, 11) is 1.68. The fraction of sp³-hybridized carbons (Fsp3) is 0.222. The number of aryl methyl sites for hydroxylation is 1. The number of rotatable bonds is 2. The van der Waals surface area contributed by atoms with E-state index in [0.29, 0.717) is 0 Å². The van der Waals surface area contributed by atoms with Gasteiger partial charge >= 0.3 is 74.3 Å². The van der Waals surface area contributed by atoms with Crippen molar-refractivity contribution >= 4 is 20.5 Å². The maximum atomic E-state index is 5.14. The zero-order valence-electron chi connectivity index (χ0n) is 6.63. The number of hydrogen-bond acceptors (Lipinski definition) is 1. The molecule has 0 atom stereocenters. The van der Waals surface area contributed by atoms with Gasteiger partial charge in [0.15, 0.2) is 0 Å². The standard InChI is InChI=1S/C9H10OSe/c1-7-3-4-9(10-2)8(5-7)6-11/h3-6H,1-2H3. The van der Waals surface area contributed by atoms with E-state index >= 15 is 0 Å². The average Bonchev–Trinajstić information content (AvgIpc) is 2.04. The van der Waals surface area contributed by atoms with Gasteiger partial charge in [-0.25, -0.2) is 0 Å². The van der Waals surface area contributed by atoms with Crippen molar-refractivity contribution in [3.05, 3.63) is 29.3 Å². The molecule has 0 aliphatic heterocycles. The Balaban J connectivity index is 3.16. The first-order valence-electron chi connectivity index (χ1n) is 3.37. The van der Waals surface area contributed by atoms with E-state index in [1.807, 2.05) is 17.1 Å². The minimum atomic E-state index is 0.911. The number of ether oxygens (including phenoxy) is 1. The van der Waals surface area contributed by atoms with Crippen LogP contribution < -0.4 is 4.74 Å². The van der Waals surface area contributed by atoms with Crippen LogP contribution in [-0.2, 0) is 0 Å². The molecule has 0 N–H and O–H groups in total. The molecular formula is C9H10OSe. The van der Waals surface area contributed by atoms with Crippen LogP contribution in [0.3, 0.4) is 0 Å². The quantitative estimate of drug-likeness (QED) is 0.673. The summed E-state index contributed by atoms with van der Waals surface area (Å²) < 4.78 is 5.14. The third-order valence-corrected chi connectivity index (χ3v) is 2.04. The first-order valence-corrected chi connectivity index (χ1v) is 4.36. The van der Waals surface area contributed by atoms with Gasteiger partial charge in [-0.3, -0.25) is 0 Å². The van der Waals surface area contributed by atoms with E-state index in [2.05, 4.69) is 28.6 Å². The Labute approximate surface area is 74.7 Å². The number of methoxy groups -OCH3 is 1. The molecule has 0 aliphatic rings. The zero-order valence-corrected chi connectivity index (χ0v) is 8.34. The summed E-state index contributed by atoms with van der Waals surface area (Å²) in [6.45, 7) is 2.06. The summed E-state index contributed by atoms with van der Waals surface area (Å²) in [6.07, 6.45) is 0. The van der Waals surface area contributed by atoms with E-state index in [1.165, 1.54) is 5.56 Å². The van der Waals surface area contributed by atoms with E-state index < -0.39 is 0 Å². The molecule has 1 aromatic rings. The molecule has 2 heteroatoms. The molecule has 1 aromatic carbocycles. The molecule has 0 amide bonds. The van der Waals surface area contributed by atoms with Gasteiger partial charge in [0.1, 0.15) is 0 Å². The number of hydrogen-bond donors (Lipinski definition) is 0. The summed E-state index contributed by atoms with van der Waals surface area (Å²) in [6, 6.07) is 6.08. The molecule has 0 saturated heterocycles. The van der Waals surface area contributed by atoms with Crippen molar-refractivity contribution in [3.8, 4) is 5.75 Å². The summed E-state index contributed by atoms with van der Waals surface area (Å²) in [5.74, 6) is 0.911. The summed E-state index contributed by atoms with van der Waals surface area (Å²) in [5.41, 5.74) is 2.35. The molecular weight excluding hydrogens is 203 g/mol. The number of benzene rings is 1. The zero-order chi connectivity index (χ0) is 8.27. The Morgan fingerprint density at radius 3 is 2.73 bits per heavy atom. The van der Waals surface area contributed by atoms with Crippen LogP contribution in [-0.4, -0.2) is 27.6 Å². The predicted molar refractivity (Wildman–Crippen MR) is 48.7 cm³/mol. The second-order valence-electron chi connectivity index (χ2n) is 2.36. The average molecular weight is 213 g/mol. The van der Waals surface area contributed by atoms with Crippen LogP contribution in [0.4, 0.5) is 0 Å². The second-order valence-corrected chi connectivity index (χ2v) is 2.86. The third-order valence-electron chi connectivity index (χ3n) is 1.51. The summed E-state index contributed by atoms with van der Waals surface area (Å²) in [5, 5.41) is 0. The van der Waals surface area contributed by atoms with E-state index in [1.54, 1.807) is 7.11 Å². The van der Waals surface area contributed by atoms with Crippen molar-refractivity contribution in [1.82, 2.24) is 0 Å². The van der Waals surface area contributed by atoms with Gasteiger partial charge in [0.25, 0.3) is 0 Å². The van der Waals surface area contributed by atoms with Gasteiger partial charge < -0.3 is 0 Å². The first kappa shape index (κ1) is 8.51. The Morgan fingerprint density at radius 1 is 1.45 bits per heavy atom. The van der Waals surface area contributed by atoms with Crippen molar-refractivity contribution in [3.63, 3.8) is 0 Å². The summed E-state index contributed by atoms with van der Waals surface area (Å²) in [4.78, 5) is 1.92. The Morgan fingerprint density at radius 2 is 2.18 bits per heavy atom. The van der Waals surface area contributed by atoms with Gasteiger partial charge in [-0.15, -0.1) is 0 Å². The van der Waals surface area contributed by atoms with Crippen LogP contribution in [0.5, 0.6) is 5.75 Å². The van der Waals surface area contributed by atoms with Gasteiger partial charge in [0, 0.05) is 0 Å². The van der Waals surface area contributed by atoms with Gasteiger partial charge in [0.2, 0.25) is 0 Å². The van der Waals surface area contributed by atoms with Crippen LogP contribution >= 0.6 is 0 Å². The van der Waals surface area contributed by atoms with Gasteiger partial charge in [0.05, 0.1) is 0 Å². The van der Waals surface area contributed by atoms with Crippen molar-refractivity contribution in [1.29, 1.82) is 0 Å². The molecule has 0 unspecified atom stereocenters. The van der Waals surface area contributed by atoms with Crippen molar-refractivity contribution in [2.45, 2.75) is 6.92 Å². The fourth-order valence-corrected chi connectivity index (χ4v) is 1.33. The van der Waals surface area contributed by atoms with E-state index in [4.69, 9.17) is 4.74 Å². The molecule has 0 radical (unpaired) electrons. The molecule has 0 aromatic heterocycles.